The smallest absolute Gasteiger partial charge is 0.194 e. The van der Waals surface area contributed by atoms with Crippen LogP contribution < -0.4 is 21.9 Å². The van der Waals surface area contributed by atoms with Gasteiger partial charge in [-0.25, -0.2) is 0 Å². The second-order valence-corrected chi connectivity index (χ2v) is 21.8. The van der Waals surface area contributed by atoms with Crippen LogP contribution in [0.5, 0.6) is 0 Å². The van der Waals surface area contributed by atoms with Gasteiger partial charge in [-0.1, -0.05) is 107 Å². The third kappa shape index (κ3) is 13.4. The first kappa shape index (κ1) is 65.2. The Hall–Kier alpha value is -6.93. The first-order valence-electron chi connectivity index (χ1n) is 23.6. The standard InChI is InChI=1S/C32H12BF24.C24H27OS/c34-25(35,36)13-1-14(26(37,38)39)6-21(5-13)33(22-7-15(27(40,41)42)2-16(8-22)28(43,44)45,23-9-17(29(46,47)48)3-18(10-23)30(49,50)51)24-11-19(31(52,53)54)4-20(12-24)32(55,56)57;1-16-10-7-11-17(2)22(16)26(25,23-18(3)12-8-13-19(23)4)24-20(5)14-9-15-21(24)6/h1-12H;7-15H,1-6H3/q-1;+1. The molecule has 0 unspecified atom stereocenters. The van der Waals surface area contributed by atoms with E-state index < -0.39 is 205 Å². The van der Waals surface area contributed by atoms with Crippen molar-refractivity contribution in [3.63, 3.8) is 0 Å². The third-order valence-electron chi connectivity index (χ3n) is 13.5. The molecule has 0 bridgehead atoms. The van der Waals surface area contributed by atoms with Crippen molar-refractivity contribution in [2.45, 2.75) is 106 Å². The van der Waals surface area contributed by atoms with Gasteiger partial charge < -0.3 is 0 Å². The van der Waals surface area contributed by atoms with Crippen LogP contribution in [0.1, 0.15) is 77.9 Å². The quantitative estimate of drug-likeness (QED) is 0.0883. The zero-order chi connectivity index (χ0) is 63.0. The van der Waals surface area contributed by atoms with Crippen molar-refractivity contribution in [1.82, 2.24) is 0 Å². The van der Waals surface area contributed by atoms with Crippen LogP contribution >= 0.6 is 0 Å². The Labute approximate surface area is 457 Å². The highest BCUT2D eigenvalue weighted by atomic mass is 32.2. The number of hydrogen-bond acceptors (Lipinski definition) is 1. The zero-order valence-corrected chi connectivity index (χ0v) is 43.9. The monoisotopic (exact) mass is 1230 g/mol. The Bertz CT molecular complexity index is 3000. The molecule has 7 aromatic rings. The van der Waals surface area contributed by atoms with Gasteiger partial charge in [-0.3, -0.25) is 0 Å². The molecule has 0 radical (unpaired) electrons. The SMILES string of the molecule is Cc1cccc(C)c1[S+](=O)(c1c(C)cccc1C)c1c(C)cccc1C.FC(F)(F)c1cc([B-](c2cc(C(F)(F)F)cc(C(F)(F)F)c2)(c2cc(C(F)(F)F)cc(C(F)(F)F)c2)c2cc(C(F)(F)F)cc(C(F)(F)F)c2)cc(C(F)(F)F)c1. The molecule has 0 spiro atoms. The van der Waals surface area contributed by atoms with Crippen molar-refractivity contribution >= 4 is 37.9 Å². The maximum Gasteiger partial charge on any atom is 0.416 e. The number of halogens is 24. The Kier molecular flexibility index (Phi) is 17.2. The molecule has 0 saturated heterocycles. The molecule has 0 aliphatic carbocycles. The van der Waals surface area contributed by atoms with E-state index in [2.05, 4.69) is 77.9 Å². The highest BCUT2D eigenvalue weighted by molar-refractivity contribution is 8.03. The van der Waals surface area contributed by atoms with Crippen LogP contribution in [0.4, 0.5) is 105 Å². The molecular formula is C56H39BF24OS. The fraction of sp³-hybridized carbons (Fsp3) is 0.250. The minimum Gasteiger partial charge on any atom is -0.194 e. The van der Waals surface area contributed by atoms with E-state index in [1.54, 1.807) is 0 Å². The Morgan fingerprint density at radius 1 is 0.253 bits per heavy atom. The summed E-state index contributed by atoms with van der Waals surface area (Å²) in [7, 11) is -2.61. The number of benzene rings is 7. The third-order valence-corrected chi connectivity index (χ3v) is 17.2. The van der Waals surface area contributed by atoms with E-state index in [0.717, 1.165) is 48.1 Å². The highest BCUT2D eigenvalue weighted by Crippen LogP contribution is 2.46. The average Bonchev–Trinajstić information content (AvgIpc) is 2.40. The van der Waals surface area contributed by atoms with Crippen LogP contribution in [0.2, 0.25) is 0 Å². The van der Waals surface area contributed by atoms with Gasteiger partial charge in [0.15, 0.2) is 24.6 Å². The van der Waals surface area contributed by atoms with Gasteiger partial charge in [-0.2, -0.15) is 127 Å². The van der Waals surface area contributed by atoms with Gasteiger partial charge in [0.25, 0.3) is 0 Å². The fourth-order valence-corrected chi connectivity index (χ4v) is 13.9. The largest absolute Gasteiger partial charge is 0.416 e. The van der Waals surface area contributed by atoms with E-state index in [1.807, 2.05) is 18.2 Å². The maximum atomic E-state index is 15.1. The van der Waals surface area contributed by atoms with Crippen LogP contribution in [0.25, 0.3) is 0 Å². The van der Waals surface area contributed by atoms with Crippen molar-refractivity contribution in [2.24, 2.45) is 0 Å². The number of hydrogen-bond donors (Lipinski definition) is 0. The Morgan fingerprint density at radius 3 is 0.506 bits per heavy atom. The van der Waals surface area contributed by atoms with Crippen LogP contribution in [-0.2, 0) is 63.6 Å². The summed E-state index contributed by atoms with van der Waals surface area (Å²) in [6, 6.07) is 9.76. The van der Waals surface area contributed by atoms with E-state index in [0.29, 0.717) is 0 Å². The van der Waals surface area contributed by atoms with E-state index in [-0.39, 0.29) is 0 Å². The van der Waals surface area contributed by atoms with Gasteiger partial charge in [0.1, 0.15) is 6.15 Å². The lowest BCUT2D eigenvalue weighted by atomic mass is 9.12. The van der Waals surface area contributed by atoms with E-state index >= 15 is 4.21 Å². The lowest BCUT2D eigenvalue weighted by Gasteiger charge is -2.46. The first-order chi connectivity index (χ1) is 37.5. The maximum absolute atomic E-state index is 15.1. The van der Waals surface area contributed by atoms with Gasteiger partial charge in [0, 0.05) is 33.4 Å². The number of aryl methyl sites for hydroxylation is 6. The molecule has 0 fully saturated rings. The van der Waals surface area contributed by atoms with E-state index in [9.17, 15) is 105 Å². The average molecular weight is 1230 g/mol. The fourth-order valence-electron chi connectivity index (χ4n) is 10.1. The predicted molar refractivity (Wildman–Crippen MR) is 261 cm³/mol. The summed E-state index contributed by atoms with van der Waals surface area (Å²) in [5.41, 5.74) is -23.7. The predicted octanol–water partition coefficient (Wildman–Crippen LogP) is 17.7. The van der Waals surface area contributed by atoms with Crippen LogP contribution in [-0.4, -0.2) is 6.15 Å². The van der Waals surface area contributed by atoms with Gasteiger partial charge in [0.05, 0.1) is 44.5 Å². The van der Waals surface area contributed by atoms with Gasteiger partial charge in [-0.15, -0.1) is 0 Å². The summed E-state index contributed by atoms with van der Waals surface area (Å²) in [6.07, 6.45) is -54.8. The molecule has 0 heterocycles. The van der Waals surface area contributed by atoms with Crippen molar-refractivity contribution in [3.05, 3.63) is 205 Å². The topological polar surface area (TPSA) is 17.1 Å². The van der Waals surface area contributed by atoms with Gasteiger partial charge in [-0.05, 0) is 65.8 Å². The van der Waals surface area contributed by atoms with Crippen LogP contribution in [0.15, 0.2) is 142 Å². The molecule has 0 aromatic heterocycles. The summed E-state index contributed by atoms with van der Waals surface area (Å²) < 4.78 is 356. The second kappa shape index (κ2) is 21.9. The zero-order valence-electron chi connectivity index (χ0n) is 43.1. The van der Waals surface area contributed by atoms with Gasteiger partial charge in [0.2, 0.25) is 0 Å². The highest BCUT2D eigenvalue weighted by Gasteiger charge is 2.49. The summed E-state index contributed by atoms with van der Waals surface area (Å²) >= 11 is 0. The molecule has 7 rings (SSSR count). The Balaban J connectivity index is 0.000000352. The van der Waals surface area contributed by atoms with Crippen molar-refractivity contribution in [3.8, 4) is 0 Å². The molecular weight excluding hydrogens is 1190 g/mol. The van der Waals surface area contributed by atoms with E-state index in [4.69, 9.17) is 0 Å². The molecule has 0 N–H and O–H groups in total. The van der Waals surface area contributed by atoms with Crippen molar-refractivity contribution in [2.75, 3.05) is 0 Å². The minimum atomic E-state index is -6.13. The van der Waals surface area contributed by atoms with Crippen LogP contribution in [0, 0.1) is 41.5 Å². The lowest BCUT2D eigenvalue weighted by molar-refractivity contribution is -0.144. The minimum absolute atomic E-state index is 0.691. The normalized spacial score (nSPS) is 13.5. The number of rotatable bonds is 7. The molecule has 0 aliphatic rings. The molecule has 0 amide bonds. The molecule has 1 nitrogen and oxygen atoms in total. The second-order valence-electron chi connectivity index (χ2n) is 19.4. The summed E-state index contributed by atoms with van der Waals surface area (Å²) in [6.45, 7) is 12.4. The van der Waals surface area contributed by atoms with Crippen LogP contribution in [0.3, 0.4) is 0 Å². The molecule has 0 atom stereocenters. The summed E-state index contributed by atoms with van der Waals surface area (Å²) in [5, 5.41) is 0. The van der Waals surface area contributed by atoms with Gasteiger partial charge >= 0.3 is 49.4 Å². The molecule has 0 aliphatic heterocycles. The molecule has 27 heteroatoms. The van der Waals surface area contributed by atoms with Crippen molar-refractivity contribution in [1.29, 1.82) is 0 Å². The number of alkyl halides is 24. The summed E-state index contributed by atoms with van der Waals surface area (Å²) in [4.78, 5) is 2.90. The molecule has 83 heavy (non-hydrogen) atoms. The van der Waals surface area contributed by atoms with Crippen molar-refractivity contribution < 1.29 is 110 Å². The molecule has 0 saturated carbocycles. The molecule has 7 aromatic carbocycles. The van der Waals surface area contributed by atoms with E-state index in [1.165, 1.54) is 0 Å². The molecule has 446 valence electrons. The summed E-state index contributed by atoms with van der Waals surface area (Å²) in [5.74, 6) is 0. The Morgan fingerprint density at radius 2 is 0.386 bits per heavy atom. The first-order valence-corrected chi connectivity index (χ1v) is 25.2. The lowest BCUT2D eigenvalue weighted by Crippen LogP contribution is -2.75.